The number of benzene rings is 1. The third kappa shape index (κ3) is 4.79. The minimum absolute atomic E-state index is 0.281. The van der Waals surface area contributed by atoms with Gasteiger partial charge in [0.1, 0.15) is 0 Å². The second-order valence-electron chi connectivity index (χ2n) is 4.89. The molecule has 0 fully saturated rings. The van der Waals surface area contributed by atoms with Crippen LogP contribution in [0.1, 0.15) is 50.8 Å². The number of nitrogens with one attached hydrogen (secondary N) is 1. The van der Waals surface area contributed by atoms with E-state index in [2.05, 4.69) is 50.4 Å². The van der Waals surface area contributed by atoms with E-state index in [1.165, 1.54) is 17.5 Å². The minimum Gasteiger partial charge on any atom is -0.382 e. The zero-order valence-electron chi connectivity index (χ0n) is 12.2. The number of hydrogen-bond donors (Lipinski definition) is 1. The van der Waals surface area contributed by atoms with Crippen molar-refractivity contribution in [2.45, 2.75) is 52.2 Å². The van der Waals surface area contributed by atoms with Crippen molar-refractivity contribution in [3.63, 3.8) is 0 Å². The topological polar surface area (TPSA) is 21.3 Å². The van der Waals surface area contributed by atoms with Crippen molar-refractivity contribution in [3.05, 3.63) is 35.4 Å². The monoisotopic (exact) mass is 249 g/mol. The molecule has 0 amide bonds. The van der Waals surface area contributed by atoms with E-state index in [4.69, 9.17) is 4.74 Å². The zero-order chi connectivity index (χ0) is 13.4. The summed E-state index contributed by atoms with van der Waals surface area (Å²) >= 11 is 0. The van der Waals surface area contributed by atoms with E-state index in [-0.39, 0.29) is 6.10 Å². The molecule has 0 aliphatic rings. The maximum absolute atomic E-state index is 5.39. The zero-order valence-corrected chi connectivity index (χ0v) is 12.2. The molecule has 102 valence electrons. The average molecular weight is 249 g/mol. The van der Waals surface area contributed by atoms with Gasteiger partial charge in [0.05, 0.1) is 6.10 Å². The SMILES string of the molecule is CCCc1cccc(C(CC(C)OC)NCC)c1. The van der Waals surface area contributed by atoms with Crippen LogP contribution in [-0.4, -0.2) is 19.8 Å². The van der Waals surface area contributed by atoms with Crippen LogP contribution in [-0.2, 0) is 11.2 Å². The van der Waals surface area contributed by atoms with Crippen molar-refractivity contribution >= 4 is 0 Å². The molecule has 2 heteroatoms. The summed E-state index contributed by atoms with van der Waals surface area (Å²) in [6, 6.07) is 9.33. The summed E-state index contributed by atoms with van der Waals surface area (Å²) in [5.41, 5.74) is 2.81. The highest BCUT2D eigenvalue weighted by molar-refractivity contribution is 5.26. The fourth-order valence-corrected chi connectivity index (χ4v) is 2.27. The summed E-state index contributed by atoms with van der Waals surface area (Å²) < 4.78 is 5.39. The van der Waals surface area contributed by atoms with Gasteiger partial charge in [-0.05, 0) is 37.4 Å². The summed E-state index contributed by atoms with van der Waals surface area (Å²) in [7, 11) is 1.78. The number of aryl methyl sites for hydroxylation is 1. The van der Waals surface area contributed by atoms with Crippen molar-refractivity contribution in [2.75, 3.05) is 13.7 Å². The molecule has 2 unspecified atom stereocenters. The van der Waals surface area contributed by atoms with Crippen molar-refractivity contribution in [2.24, 2.45) is 0 Å². The first-order chi connectivity index (χ1) is 8.71. The Bertz CT molecular complexity index is 338. The van der Waals surface area contributed by atoms with Crippen molar-refractivity contribution < 1.29 is 4.74 Å². The van der Waals surface area contributed by atoms with Crippen molar-refractivity contribution in [1.29, 1.82) is 0 Å². The van der Waals surface area contributed by atoms with Crippen LogP contribution in [0, 0.1) is 0 Å². The van der Waals surface area contributed by atoms with Gasteiger partial charge in [0.25, 0.3) is 0 Å². The Hall–Kier alpha value is -0.860. The molecule has 0 heterocycles. The quantitative estimate of drug-likeness (QED) is 0.758. The highest BCUT2D eigenvalue weighted by Crippen LogP contribution is 2.21. The first-order valence-electron chi connectivity index (χ1n) is 7.06. The molecule has 0 aliphatic carbocycles. The molecular weight excluding hydrogens is 222 g/mol. The normalized spacial score (nSPS) is 14.4. The van der Waals surface area contributed by atoms with Gasteiger partial charge in [-0.1, -0.05) is 44.5 Å². The number of rotatable bonds is 8. The Morgan fingerprint density at radius 1 is 1.28 bits per heavy atom. The van der Waals surface area contributed by atoms with Crippen molar-refractivity contribution in [1.82, 2.24) is 5.32 Å². The first kappa shape index (κ1) is 15.2. The molecule has 0 spiro atoms. The largest absolute Gasteiger partial charge is 0.382 e. The van der Waals surface area contributed by atoms with Crippen LogP contribution in [0.2, 0.25) is 0 Å². The van der Waals surface area contributed by atoms with E-state index in [9.17, 15) is 0 Å². The summed E-state index contributed by atoms with van der Waals surface area (Å²) in [5.74, 6) is 0. The van der Waals surface area contributed by atoms with E-state index in [1.54, 1.807) is 7.11 Å². The van der Waals surface area contributed by atoms with Crippen LogP contribution in [0.15, 0.2) is 24.3 Å². The van der Waals surface area contributed by atoms with Gasteiger partial charge < -0.3 is 10.1 Å². The van der Waals surface area contributed by atoms with Crippen LogP contribution in [0.25, 0.3) is 0 Å². The Balaban J connectivity index is 2.80. The van der Waals surface area contributed by atoms with Crippen LogP contribution >= 0.6 is 0 Å². The lowest BCUT2D eigenvalue weighted by atomic mass is 9.98. The van der Waals surface area contributed by atoms with Gasteiger partial charge >= 0.3 is 0 Å². The standard InChI is InChI=1S/C16H27NO/c1-5-8-14-9-7-10-15(12-14)16(17-6-2)11-13(3)18-4/h7,9-10,12-13,16-17H,5-6,8,11H2,1-4H3. The highest BCUT2D eigenvalue weighted by atomic mass is 16.5. The summed E-state index contributed by atoms with van der Waals surface area (Å²) in [6.45, 7) is 7.49. The Labute approximate surface area is 112 Å². The number of methoxy groups -OCH3 is 1. The molecule has 1 aromatic rings. The highest BCUT2D eigenvalue weighted by Gasteiger charge is 2.14. The molecule has 1 aromatic carbocycles. The fraction of sp³-hybridized carbons (Fsp3) is 0.625. The van der Waals surface area contributed by atoms with Gasteiger partial charge in [0.2, 0.25) is 0 Å². The van der Waals surface area contributed by atoms with Crippen LogP contribution in [0.3, 0.4) is 0 Å². The lowest BCUT2D eigenvalue weighted by Gasteiger charge is -2.22. The van der Waals surface area contributed by atoms with E-state index in [0.29, 0.717) is 6.04 Å². The van der Waals surface area contributed by atoms with Crippen molar-refractivity contribution in [3.8, 4) is 0 Å². The molecular formula is C16H27NO. The lowest BCUT2D eigenvalue weighted by Crippen LogP contribution is -2.25. The number of ether oxygens (including phenoxy) is 1. The van der Waals surface area contributed by atoms with Gasteiger partial charge in [-0.25, -0.2) is 0 Å². The summed E-state index contributed by atoms with van der Waals surface area (Å²) in [4.78, 5) is 0. The molecule has 0 saturated carbocycles. The molecule has 0 radical (unpaired) electrons. The number of hydrogen-bond acceptors (Lipinski definition) is 2. The average Bonchev–Trinajstić information content (AvgIpc) is 2.39. The maximum Gasteiger partial charge on any atom is 0.0561 e. The Kier molecular flexibility index (Phi) is 6.99. The van der Waals surface area contributed by atoms with Gasteiger partial charge in [-0.3, -0.25) is 0 Å². The van der Waals surface area contributed by atoms with Gasteiger partial charge in [-0.2, -0.15) is 0 Å². The molecule has 2 atom stereocenters. The fourth-order valence-electron chi connectivity index (χ4n) is 2.27. The summed E-state index contributed by atoms with van der Waals surface area (Å²) in [6.07, 6.45) is 3.65. The molecule has 0 aliphatic heterocycles. The van der Waals surface area contributed by atoms with Gasteiger partial charge in [-0.15, -0.1) is 0 Å². The molecule has 0 aromatic heterocycles. The maximum atomic E-state index is 5.39. The minimum atomic E-state index is 0.281. The summed E-state index contributed by atoms with van der Waals surface area (Å²) in [5, 5.41) is 3.55. The van der Waals surface area contributed by atoms with Gasteiger partial charge in [0, 0.05) is 13.2 Å². The predicted molar refractivity (Wildman–Crippen MR) is 77.9 cm³/mol. The third-order valence-electron chi connectivity index (χ3n) is 3.31. The lowest BCUT2D eigenvalue weighted by molar-refractivity contribution is 0.101. The van der Waals surface area contributed by atoms with Crippen LogP contribution in [0.4, 0.5) is 0 Å². The third-order valence-corrected chi connectivity index (χ3v) is 3.31. The van der Waals surface area contributed by atoms with E-state index < -0.39 is 0 Å². The van der Waals surface area contributed by atoms with Crippen LogP contribution < -0.4 is 5.32 Å². The van der Waals surface area contributed by atoms with Crippen LogP contribution in [0.5, 0.6) is 0 Å². The van der Waals surface area contributed by atoms with E-state index in [0.717, 1.165) is 19.4 Å². The smallest absolute Gasteiger partial charge is 0.0561 e. The molecule has 1 N–H and O–H groups in total. The molecule has 0 bridgehead atoms. The molecule has 18 heavy (non-hydrogen) atoms. The first-order valence-corrected chi connectivity index (χ1v) is 7.06. The second-order valence-corrected chi connectivity index (χ2v) is 4.89. The Morgan fingerprint density at radius 2 is 2.06 bits per heavy atom. The molecule has 2 nitrogen and oxygen atoms in total. The molecule has 0 saturated heterocycles. The Morgan fingerprint density at radius 3 is 2.67 bits per heavy atom. The van der Waals surface area contributed by atoms with Gasteiger partial charge in [0.15, 0.2) is 0 Å². The predicted octanol–water partition coefficient (Wildman–Crippen LogP) is 3.71. The van der Waals surface area contributed by atoms with E-state index in [1.807, 2.05) is 0 Å². The second kappa shape index (κ2) is 8.28. The molecule has 1 rings (SSSR count). The van der Waals surface area contributed by atoms with E-state index >= 15 is 0 Å².